The second-order valence-electron chi connectivity index (χ2n) is 5.37. The summed E-state index contributed by atoms with van der Waals surface area (Å²) in [4.78, 5) is 7.11. The van der Waals surface area contributed by atoms with Crippen LogP contribution < -0.4 is 0 Å². The zero-order valence-electron chi connectivity index (χ0n) is 11.6. The summed E-state index contributed by atoms with van der Waals surface area (Å²) in [6.45, 7) is 6.23. The molecule has 2 aromatic heterocycles. The fraction of sp³-hybridized carbons (Fsp3) is 0.467. The summed E-state index contributed by atoms with van der Waals surface area (Å²) in [5.41, 5.74) is 4.77. The number of nitrogens with one attached hydrogen (secondary N) is 1. The summed E-state index contributed by atoms with van der Waals surface area (Å²) >= 11 is 0. The van der Waals surface area contributed by atoms with Crippen molar-refractivity contribution in [2.75, 3.05) is 6.54 Å². The Hall–Kier alpha value is -1.68. The summed E-state index contributed by atoms with van der Waals surface area (Å²) in [6, 6.07) is 6.71. The number of pyridine rings is 1. The van der Waals surface area contributed by atoms with Gasteiger partial charge in [-0.15, -0.1) is 0 Å². The molecular weight excluding hydrogens is 236 g/mol. The maximum absolute atomic E-state index is 4.61. The standard InChI is InChI=1S/C15H20N4/c1-11-9-16-18-15(11)14-7-4-8-19(14)10-13-6-3-5-12(2)17-13/h3,5-6,9,14H,4,7-8,10H2,1-2H3,(H,16,18). The lowest BCUT2D eigenvalue weighted by Gasteiger charge is -2.23. The third-order valence-electron chi connectivity index (χ3n) is 3.88. The molecule has 0 amide bonds. The lowest BCUT2D eigenvalue weighted by molar-refractivity contribution is 0.240. The second kappa shape index (κ2) is 5.13. The number of nitrogens with zero attached hydrogens (tertiary/aromatic N) is 3. The molecule has 2 aromatic rings. The minimum absolute atomic E-state index is 0.463. The second-order valence-corrected chi connectivity index (χ2v) is 5.37. The molecule has 1 unspecified atom stereocenters. The Bertz CT molecular complexity index is 561. The average Bonchev–Trinajstić information content (AvgIpc) is 2.98. The molecule has 1 saturated heterocycles. The number of likely N-dealkylation sites (tertiary alicyclic amines) is 1. The first-order chi connectivity index (χ1) is 9.24. The van der Waals surface area contributed by atoms with E-state index in [1.54, 1.807) is 0 Å². The molecule has 19 heavy (non-hydrogen) atoms. The number of hydrogen-bond donors (Lipinski definition) is 1. The smallest absolute Gasteiger partial charge is 0.0553 e. The molecule has 0 radical (unpaired) electrons. The van der Waals surface area contributed by atoms with Gasteiger partial charge in [0.05, 0.1) is 23.6 Å². The van der Waals surface area contributed by atoms with Crippen molar-refractivity contribution in [1.29, 1.82) is 0 Å². The molecule has 1 aliphatic rings. The predicted octanol–water partition coefficient (Wildman–Crippen LogP) is 2.76. The third-order valence-corrected chi connectivity index (χ3v) is 3.88. The highest BCUT2D eigenvalue weighted by molar-refractivity contribution is 5.19. The van der Waals surface area contributed by atoms with E-state index < -0.39 is 0 Å². The Morgan fingerprint density at radius 3 is 3.00 bits per heavy atom. The molecule has 0 aliphatic carbocycles. The topological polar surface area (TPSA) is 44.8 Å². The van der Waals surface area contributed by atoms with Gasteiger partial charge < -0.3 is 0 Å². The molecule has 0 bridgehead atoms. The number of aromatic nitrogens is 3. The van der Waals surface area contributed by atoms with Crippen molar-refractivity contribution in [1.82, 2.24) is 20.1 Å². The highest BCUT2D eigenvalue weighted by atomic mass is 15.2. The van der Waals surface area contributed by atoms with Crippen LogP contribution in [0.4, 0.5) is 0 Å². The molecule has 1 N–H and O–H groups in total. The van der Waals surface area contributed by atoms with Crippen molar-refractivity contribution in [3.05, 3.63) is 47.0 Å². The van der Waals surface area contributed by atoms with Crippen LogP contribution >= 0.6 is 0 Å². The third kappa shape index (κ3) is 2.54. The number of aromatic amines is 1. The number of aryl methyl sites for hydroxylation is 2. The molecule has 100 valence electrons. The van der Waals surface area contributed by atoms with Crippen LogP contribution in [0.15, 0.2) is 24.4 Å². The predicted molar refractivity (Wildman–Crippen MR) is 74.7 cm³/mol. The highest BCUT2D eigenvalue weighted by Gasteiger charge is 2.28. The van der Waals surface area contributed by atoms with Gasteiger partial charge in [-0.25, -0.2) is 0 Å². The quantitative estimate of drug-likeness (QED) is 0.918. The van der Waals surface area contributed by atoms with E-state index in [1.165, 1.54) is 24.1 Å². The van der Waals surface area contributed by atoms with Gasteiger partial charge in [-0.2, -0.15) is 5.10 Å². The van der Waals surface area contributed by atoms with Crippen molar-refractivity contribution in [3.63, 3.8) is 0 Å². The molecule has 1 aliphatic heterocycles. The molecule has 3 heterocycles. The molecule has 4 heteroatoms. The summed E-state index contributed by atoms with van der Waals surface area (Å²) in [6.07, 6.45) is 4.36. The Labute approximate surface area is 113 Å². The minimum Gasteiger partial charge on any atom is -0.289 e. The molecule has 0 spiro atoms. The Morgan fingerprint density at radius 1 is 1.37 bits per heavy atom. The fourth-order valence-corrected chi connectivity index (χ4v) is 2.93. The highest BCUT2D eigenvalue weighted by Crippen LogP contribution is 2.33. The number of hydrogen-bond acceptors (Lipinski definition) is 3. The van der Waals surface area contributed by atoms with Gasteiger partial charge in [0, 0.05) is 12.2 Å². The molecule has 4 nitrogen and oxygen atoms in total. The van der Waals surface area contributed by atoms with E-state index in [4.69, 9.17) is 0 Å². The van der Waals surface area contributed by atoms with Crippen LogP contribution in [0.5, 0.6) is 0 Å². The Morgan fingerprint density at radius 2 is 2.26 bits per heavy atom. The maximum atomic E-state index is 4.61. The van der Waals surface area contributed by atoms with Crippen molar-refractivity contribution >= 4 is 0 Å². The summed E-state index contributed by atoms with van der Waals surface area (Å²) < 4.78 is 0. The van der Waals surface area contributed by atoms with Crippen LogP contribution in [0.3, 0.4) is 0 Å². The van der Waals surface area contributed by atoms with Crippen molar-refractivity contribution in [2.24, 2.45) is 0 Å². The van der Waals surface area contributed by atoms with E-state index in [9.17, 15) is 0 Å². The van der Waals surface area contributed by atoms with Crippen LogP contribution in [-0.4, -0.2) is 26.6 Å². The molecule has 3 rings (SSSR count). The monoisotopic (exact) mass is 256 g/mol. The van der Waals surface area contributed by atoms with Gasteiger partial charge in [0.25, 0.3) is 0 Å². The van der Waals surface area contributed by atoms with Gasteiger partial charge in [0.2, 0.25) is 0 Å². The van der Waals surface area contributed by atoms with Crippen molar-refractivity contribution < 1.29 is 0 Å². The van der Waals surface area contributed by atoms with Crippen LogP contribution in [0.1, 0.15) is 41.5 Å². The number of H-pyrrole nitrogens is 1. The van der Waals surface area contributed by atoms with E-state index in [1.807, 2.05) is 19.2 Å². The molecule has 0 aromatic carbocycles. The lowest BCUT2D eigenvalue weighted by atomic mass is 10.1. The molecule has 1 fully saturated rings. The van der Waals surface area contributed by atoms with E-state index >= 15 is 0 Å². The summed E-state index contributed by atoms with van der Waals surface area (Å²) in [7, 11) is 0. The molecule has 1 atom stereocenters. The largest absolute Gasteiger partial charge is 0.289 e. The van der Waals surface area contributed by atoms with E-state index in [2.05, 4.69) is 39.1 Å². The Balaban J connectivity index is 1.79. The SMILES string of the molecule is Cc1cccc(CN2CCCC2c2[nH]ncc2C)n1. The van der Waals surface area contributed by atoms with E-state index in [-0.39, 0.29) is 0 Å². The van der Waals surface area contributed by atoms with Crippen LogP contribution in [0.2, 0.25) is 0 Å². The maximum Gasteiger partial charge on any atom is 0.0553 e. The van der Waals surface area contributed by atoms with Crippen molar-refractivity contribution in [2.45, 2.75) is 39.3 Å². The Kier molecular flexibility index (Phi) is 3.34. The number of rotatable bonds is 3. The van der Waals surface area contributed by atoms with Crippen LogP contribution in [-0.2, 0) is 6.54 Å². The van der Waals surface area contributed by atoms with Crippen LogP contribution in [0.25, 0.3) is 0 Å². The van der Waals surface area contributed by atoms with Gasteiger partial charge in [-0.1, -0.05) is 6.07 Å². The van der Waals surface area contributed by atoms with E-state index in [0.29, 0.717) is 6.04 Å². The van der Waals surface area contributed by atoms with Gasteiger partial charge in [0.15, 0.2) is 0 Å². The van der Waals surface area contributed by atoms with Crippen molar-refractivity contribution in [3.8, 4) is 0 Å². The van der Waals surface area contributed by atoms with Gasteiger partial charge in [0.1, 0.15) is 0 Å². The zero-order chi connectivity index (χ0) is 13.2. The van der Waals surface area contributed by atoms with Gasteiger partial charge >= 0.3 is 0 Å². The van der Waals surface area contributed by atoms with E-state index in [0.717, 1.165) is 24.5 Å². The fourth-order valence-electron chi connectivity index (χ4n) is 2.93. The van der Waals surface area contributed by atoms with Crippen LogP contribution in [0, 0.1) is 13.8 Å². The molecule has 0 saturated carbocycles. The first-order valence-corrected chi connectivity index (χ1v) is 6.90. The first-order valence-electron chi connectivity index (χ1n) is 6.90. The molecular formula is C15H20N4. The minimum atomic E-state index is 0.463. The zero-order valence-corrected chi connectivity index (χ0v) is 11.6. The lowest BCUT2D eigenvalue weighted by Crippen LogP contribution is -2.24. The normalized spacial score (nSPS) is 20.0. The van der Waals surface area contributed by atoms with Gasteiger partial charge in [-0.05, 0) is 50.9 Å². The summed E-state index contributed by atoms with van der Waals surface area (Å²) in [5.74, 6) is 0. The van der Waals surface area contributed by atoms with Gasteiger partial charge in [-0.3, -0.25) is 15.0 Å². The summed E-state index contributed by atoms with van der Waals surface area (Å²) in [5, 5.41) is 7.32. The average molecular weight is 256 g/mol. The first kappa shape index (κ1) is 12.4.